The van der Waals surface area contributed by atoms with Crippen molar-refractivity contribution in [1.82, 2.24) is 25.2 Å². The average molecular weight is 507 g/mol. The van der Waals surface area contributed by atoms with Gasteiger partial charge in [-0.25, -0.2) is 15.0 Å². The minimum atomic E-state index is 0.0768. The Balaban J connectivity index is 1.05. The third-order valence-corrected chi connectivity index (χ3v) is 8.85. The lowest BCUT2D eigenvalue weighted by Crippen LogP contribution is -2.58. The van der Waals surface area contributed by atoms with Gasteiger partial charge >= 0.3 is 0 Å². The summed E-state index contributed by atoms with van der Waals surface area (Å²) in [5, 5.41) is 7.18. The minimum Gasteiger partial charge on any atom is -0.370 e. The standard InChI is InChI=1S/C27H34N6O2S/c1-17-13-28-8-9-33(17)21-10-19(11-21)26(34)32-27-31-23-7-6-18(12-24(23)36-27)20-14-29-25(30-15-20)16-35-22-4-2-3-5-22/h6-7,12,14-15,17,19,21-22,28H,2-5,8-11,13,16H2,1H3,(H,31,32,34)/t17-,19?,21?/m0/s1. The van der Waals surface area contributed by atoms with E-state index < -0.39 is 0 Å². The van der Waals surface area contributed by atoms with E-state index in [1.807, 2.05) is 24.5 Å². The maximum absolute atomic E-state index is 12.8. The number of aromatic nitrogens is 3. The number of nitrogens with zero attached hydrogens (tertiary/aromatic N) is 4. The molecule has 0 radical (unpaired) electrons. The van der Waals surface area contributed by atoms with E-state index in [4.69, 9.17) is 4.74 Å². The summed E-state index contributed by atoms with van der Waals surface area (Å²) in [6.45, 7) is 5.88. The average Bonchev–Trinajstić information content (AvgIpc) is 3.52. The van der Waals surface area contributed by atoms with E-state index in [0.717, 1.165) is 72.5 Å². The van der Waals surface area contributed by atoms with Gasteiger partial charge in [-0.1, -0.05) is 30.2 Å². The van der Waals surface area contributed by atoms with Crippen LogP contribution in [0.1, 0.15) is 51.3 Å². The molecule has 0 spiro atoms. The van der Waals surface area contributed by atoms with E-state index in [1.165, 1.54) is 24.2 Å². The molecule has 9 heteroatoms. The predicted molar refractivity (Wildman–Crippen MR) is 142 cm³/mol. The highest BCUT2D eigenvalue weighted by Gasteiger charge is 2.40. The second-order valence-electron chi connectivity index (χ2n) is 10.4. The minimum absolute atomic E-state index is 0.0768. The van der Waals surface area contributed by atoms with Gasteiger partial charge in [0, 0.05) is 55.6 Å². The van der Waals surface area contributed by atoms with Crippen LogP contribution in [-0.4, -0.2) is 63.6 Å². The highest BCUT2D eigenvalue weighted by molar-refractivity contribution is 7.22. The van der Waals surface area contributed by atoms with Gasteiger partial charge in [0.2, 0.25) is 5.91 Å². The fraction of sp³-hybridized carbons (Fsp3) is 0.556. The maximum atomic E-state index is 12.8. The lowest BCUT2D eigenvalue weighted by molar-refractivity contribution is -0.125. The molecule has 3 heterocycles. The number of carbonyl (C=O) groups excluding carboxylic acids is 1. The van der Waals surface area contributed by atoms with Crippen molar-refractivity contribution in [2.75, 3.05) is 25.0 Å². The van der Waals surface area contributed by atoms with Crippen molar-refractivity contribution >= 4 is 32.6 Å². The summed E-state index contributed by atoms with van der Waals surface area (Å²) in [6.07, 6.45) is 10.8. The van der Waals surface area contributed by atoms with Crippen molar-refractivity contribution in [2.24, 2.45) is 5.92 Å². The van der Waals surface area contributed by atoms with E-state index in [9.17, 15) is 4.79 Å². The van der Waals surface area contributed by atoms with Crippen molar-refractivity contribution < 1.29 is 9.53 Å². The Hall–Kier alpha value is -2.46. The number of hydrogen-bond acceptors (Lipinski definition) is 8. The number of hydrogen-bond donors (Lipinski definition) is 2. The number of thiazole rings is 1. The molecule has 2 saturated carbocycles. The molecule has 36 heavy (non-hydrogen) atoms. The normalized spacial score (nSPS) is 25.2. The Kier molecular flexibility index (Phi) is 6.97. The molecular formula is C27H34N6O2S. The molecule has 0 bridgehead atoms. The largest absolute Gasteiger partial charge is 0.370 e. The van der Waals surface area contributed by atoms with Gasteiger partial charge in [0.1, 0.15) is 6.61 Å². The Morgan fingerprint density at radius 1 is 1.19 bits per heavy atom. The zero-order chi connectivity index (χ0) is 24.5. The Morgan fingerprint density at radius 3 is 2.78 bits per heavy atom. The van der Waals surface area contributed by atoms with Crippen molar-refractivity contribution in [2.45, 2.75) is 70.2 Å². The van der Waals surface area contributed by atoms with Gasteiger partial charge in [0.15, 0.2) is 11.0 Å². The van der Waals surface area contributed by atoms with Crippen molar-refractivity contribution in [3.05, 3.63) is 36.4 Å². The number of piperazine rings is 1. The fourth-order valence-corrected chi connectivity index (χ4v) is 6.57. The van der Waals surface area contributed by atoms with Crippen LogP contribution in [0.2, 0.25) is 0 Å². The number of ether oxygens (including phenoxy) is 1. The highest BCUT2D eigenvalue weighted by atomic mass is 32.1. The van der Waals surface area contributed by atoms with Crippen LogP contribution < -0.4 is 10.6 Å². The summed E-state index contributed by atoms with van der Waals surface area (Å²) in [5.41, 5.74) is 2.89. The van der Waals surface area contributed by atoms with Crippen LogP contribution in [-0.2, 0) is 16.1 Å². The zero-order valence-electron chi connectivity index (χ0n) is 20.8. The molecular weight excluding hydrogens is 472 g/mol. The van der Waals surface area contributed by atoms with Gasteiger partial charge in [-0.2, -0.15) is 0 Å². The molecule has 0 unspecified atom stereocenters. The topological polar surface area (TPSA) is 92.3 Å². The van der Waals surface area contributed by atoms with Crippen LogP contribution >= 0.6 is 11.3 Å². The summed E-state index contributed by atoms with van der Waals surface area (Å²) in [7, 11) is 0. The molecule has 1 aliphatic heterocycles. The molecule has 1 amide bonds. The van der Waals surface area contributed by atoms with Crippen LogP contribution in [0.5, 0.6) is 0 Å². The molecule has 8 nitrogen and oxygen atoms in total. The van der Waals surface area contributed by atoms with Gasteiger partial charge in [0.25, 0.3) is 0 Å². The first-order chi connectivity index (χ1) is 17.6. The Bertz CT molecular complexity index is 1200. The zero-order valence-corrected chi connectivity index (χ0v) is 21.6. The lowest BCUT2D eigenvalue weighted by Gasteiger charge is -2.47. The molecule has 3 aromatic rings. The third-order valence-electron chi connectivity index (χ3n) is 7.91. The number of fused-ring (bicyclic) bond motifs is 1. The van der Waals surface area contributed by atoms with Gasteiger partial charge in [-0.05, 0) is 50.3 Å². The van der Waals surface area contributed by atoms with Crippen LogP contribution in [0.4, 0.5) is 5.13 Å². The molecule has 2 aliphatic carbocycles. The molecule has 1 atom stereocenters. The summed E-state index contributed by atoms with van der Waals surface area (Å²) in [4.78, 5) is 29.1. The van der Waals surface area contributed by atoms with Crippen molar-refractivity contribution in [3.8, 4) is 11.1 Å². The van der Waals surface area contributed by atoms with E-state index in [1.54, 1.807) is 0 Å². The molecule has 3 fully saturated rings. The first-order valence-corrected chi connectivity index (χ1v) is 14.0. The maximum Gasteiger partial charge on any atom is 0.229 e. The van der Waals surface area contributed by atoms with Gasteiger partial charge in [-0.15, -0.1) is 0 Å². The summed E-state index contributed by atoms with van der Waals surface area (Å²) < 4.78 is 6.97. The highest BCUT2D eigenvalue weighted by Crippen LogP contribution is 2.35. The number of anilines is 1. The summed E-state index contributed by atoms with van der Waals surface area (Å²) in [6, 6.07) is 7.20. The third kappa shape index (κ3) is 5.16. The van der Waals surface area contributed by atoms with E-state index in [0.29, 0.717) is 29.9 Å². The van der Waals surface area contributed by atoms with Gasteiger partial charge in [0.05, 0.1) is 16.3 Å². The number of carbonyl (C=O) groups is 1. The van der Waals surface area contributed by atoms with Crippen LogP contribution in [0.15, 0.2) is 30.6 Å². The van der Waals surface area contributed by atoms with Gasteiger partial charge in [-0.3, -0.25) is 9.69 Å². The van der Waals surface area contributed by atoms with Crippen LogP contribution in [0, 0.1) is 5.92 Å². The van der Waals surface area contributed by atoms with Crippen LogP contribution in [0.25, 0.3) is 21.3 Å². The number of benzene rings is 1. The van der Waals surface area contributed by atoms with E-state index in [-0.39, 0.29) is 11.8 Å². The number of rotatable bonds is 7. The summed E-state index contributed by atoms with van der Waals surface area (Å²) >= 11 is 1.52. The smallest absolute Gasteiger partial charge is 0.229 e. The number of nitrogens with one attached hydrogen (secondary N) is 2. The molecule has 190 valence electrons. The second kappa shape index (κ2) is 10.5. The van der Waals surface area contributed by atoms with E-state index in [2.05, 4.69) is 43.5 Å². The monoisotopic (exact) mass is 506 g/mol. The molecule has 2 N–H and O–H groups in total. The quantitative estimate of drug-likeness (QED) is 0.496. The fourth-order valence-electron chi connectivity index (χ4n) is 5.66. The van der Waals surface area contributed by atoms with Crippen molar-refractivity contribution in [1.29, 1.82) is 0 Å². The first-order valence-electron chi connectivity index (χ1n) is 13.2. The van der Waals surface area contributed by atoms with Gasteiger partial charge < -0.3 is 15.4 Å². The SMILES string of the molecule is C[C@H]1CNCCN1C1CC(C(=O)Nc2nc3ccc(-c4cnc(COC5CCCC5)nc4)cc3s2)C1. The molecule has 6 rings (SSSR count). The second-order valence-corrected chi connectivity index (χ2v) is 11.4. The van der Waals surface area contributed by atoms with Crippen LogP contribution in [0.3, 0.4) is 0 Å². The Morgan fingerprint density at radius 2 is 2.00 bits per heavy atom. The molecule has 2 aromatic heterocycles. The molecule has 1 saturated heterocycles. The first kappa shape index (κ1) is 23.9. The molecule has 1 aromatic carbocycles. The molecule has 3 aliphatic rings. The lowest BCUT2D eigenvalue weighted by atomic mass is 9.78. The Labute approximate surface area is 215 Å². The summed E-state index contributed by atoms with van der Waals surface area (Å²) in [5.74, 6) is 0.893. The predicted octanol–water partition coefficient (Wildman–Crippen LogP) is 4.22. The van der Waals surface area contributed by atoms with E-state index >= 15 is 0 Å². The van der Waals surface area contributed by atoms with Crippen molar-refractivity contribution in [3.63, 3.8) is 0 Å². The number of amides is 1.